The topological polar surface area (TPSA) is 81.4 Å². The molecule has 1 aromatic carbocycles. The monoisotopic (exact) mass is 434 g/mol. The number of alkyl halides is 3. The first kappa shape index (κ1) is 22.3. The zero-order valence-electron chi connectivity index (χ0n) is 17.2. The van der Waals surface area contributed by atoms with Gasteiger partial charge in [-0.15, -0.1) is 0 Å². The van der Waals surface area contributed by atoms with Crippen molar-refractivity contribution in [3.8, 4) is 17.3 Å². The summed E-state index contributed by atoms with van der Waals surface area (Å²) in [6.07, 6.45) is -1.64. The summed E-state index contributed by atoms with van der Waals surface area (Å²) in [5.74, 6) is 0.735. The van der Waals surface area contributed by atoms with Crippen molar-refractivity contribution in [3.63, 3.8) is 0 Å². The first-order valence-corrected chi connectivity index (χ1v) is 9.55. The predicted molar refractivity (Wildman–Crippen MR) is 105 cm³/mol. The van der Waals surface area contributed by atoms with E-state index in [0.717, 1.165) is 0 Å². The largest absolute Gasteiger partial charge is 0.461 e. The quantitative estimate of drug-likeness (QED) is 0.549. The second-order valence-corrected chi connectivity index (χ2v) is 6.79. The molecule has 2 heterocycles. The molecule has 2 aromatic heterocycles. The van der Waals surface area contributed by atoms with Gasteiger partial charge in [0.2, 0.25) is 0 Å². The normalized spacial score (nSPS) is 12.5. The van der Waals surface area contributed by atoms with Crippen LogP contribution in [0, 0.1) is 6.92 Å². The van der Waals surface area contributed by atoms with Crippen LogP contribution in [-0.4, -0.2) is 45.0 Å². The molecule has 0 aliphatic carbocycles. The Morgan fingerprint density at radius 1 is 1.16 bits per heavy atom. The maximum Gasteiger partial charge on any atom is 0.419 e. The Morgan fingerprint density at radius 3 is 2.42 bits per heavy atom. The lowest BCUT2D eigenvalue weighted by atomic mass is 10.0. The highest BCUT2D eigenvalue weighted by Gasteiger charge is 2.31. The van der Waals surface area contributed by atoms with Crippen LogP contribution in [0.2, 0.25) is 0 Å². The molecule has 3 aromatic rings. The highest BCUT2D eigenvalue weighted by atomic mass is 19.4. The van der Waals surface area contributed by atoms with E-state index < -0.39 is 17.8 Å². The lowest BCUT2D eigenvalue weighted by Gasteiger charge is -2.28. The molecule has 1 atom stereocenters. The van der Waals surface area contributed by atoms with Crippen molar-refractivity contribution < 1.29 is 27.1 Å². The van der Waals surface area contributed by atoms with E-state index in [2.05, 4.69) is 15.0 Å². The van der Waals surface area contributed by atoms with E-state index in [-0.39, 0.29) is 18.5 Å². The molecule has 10 heteroatoms. The Labute approximate surface area is 176 Å². The molecule has 164 valence electrons. The van der Waals surface area contributed by atoms with E-state index in [0.29, 0.717) is 41.7 Å². The van der Waals surface area contributed by atoms with Crippen LogP contribution < -0.4 is 4.74 Å². The predicted octanol–water partition coefficient (Wildman–Crippen LogP) is 4.39. The molecule has 0 radical (unpaired) electrons. The van der Waals surface area contributed by atoms with Crippen molar-refractivity contribution in [3.05, 3.63) is 59.9 Å². The molecule has 0 spiro atoms. The number of hydrogen-bond acceptors (Lipinski definition) is 6. The molecule has 0 saturated heterocycles. The molecule has 31 heavy (non-hydrogen) atoms. The molecule has 7 nitrogen and oxygen atoms in total. The molecule has 0 bridgehead atoms. The number of ether oxygens (including phenoxy) is 1. The molecule has 0 fully saturated rings. The van der Waals surface area contributed by atoms with Crippen molar-refractivity contribution >= 4 is 5.91 Å². The second kappa shape index (κ2) is 9.15. The van der Waals surface area contributed by atoms with Crippen LogP contribution in [0.4, 0.5) is 13.2 Å². The van der Waals surface area contributed by atoms with E-state index in [1.165, 1.54) is 0 Å². The number of carbonyl (C=O) groups excluding carboxylic acids is 1. The Balaban J connectivity index is 1.72. The van der Waals surface area contributed by atoms with Crippen molar-refractivity contribution in [1.29, 1.82) is 0 Å². The summed E-state index contributed by atoms with van der Waals surface area (Å²) in [7, 11) is 0. The highest BCUT2D eigenvalue weighted by Crippen LogP contribution is 2.28. The fourth-order valence-corrected chi connectivity index (χ4v) is 3.00. The van der Waals surface area contributed by atoms with Crippen LogP contribution in [0.25, 0.3) is 11.3 Å². The minimum absolute atomic E-state index is 0.00846. The summed E-state index contributed by atoms with van der Waals surface area (Å²) in [5.41, 5.74) is 0.0985. The number of likely N-dealkylation sites (N-methyl/N-ethyl adjacent to an activating group) is 1. The average molecular weight is 434 g/mol. The summed E-state index contributed by atoms with van der Waals surface area (Å²) in [5, 5.41) is 0. The standard InChI is InChI=1S/C21H21F3N4O3/c1-4-28(13(2)12-30-20-26-9-15(10-27-20)21(22,23)24)19(29)17-8-6-5-7-16(17)18-11-25-14(3)31-18/h5-11,13H,4,12H2,1-3H3/t13-/m0/s1. The summed E-state index contributed by atoms with van der Waals surface area (Å²) in [4.78, 5) is 26.1. The maximum atomic E-state index is 13.2. The van der Waals surface area contributed by atoms with Crippen LogP contribution in [0.3, 0.4) is 0 Å². The van der Waals surface area contributed by atoms with E-state index in [4.69, 9.17) is 9.15 Å². The SMILES string of the molecule is CCN(C(=O)c1ccccc1-c1cnc(C)o1)[C@@H](C)COc1ncc(C(F)(F)F)cn1. The number of benzene rings is 1. The molecular formula is C21H21F3N4O3. The smallest absolute Gasteiger partial charge is 0.419 e. The molecule has 0 saturated carbocycles. The van der Waals surface area contributed by atoms with E-state index in [1.807, 2.05) is 6.92 Å². The van der Waals surface area contributed by atoms with Crippen LogP contribution >= 0.6 is 0 Å². The van der Waals surface area contributed by atoms with Crippen molar-refractivity contribution in [2.24, 2.45) is 0 Å². The molecule has 1 amide bonds. The second-order valence-electron chi connectivity index (χ2n) is 6.79. The summed E-state index contributed by atoms with van der Waals surface area (Å²) in [6, 6.07) is 6.44. The minimum Gasteiger partial charge on any atom is -0.461 e. The minimum atomic E-state index is -4.52. The van der Waals surface area contributed by atoms with Gasteiger partial charge in [-0.1, -0.05) is 18.2 Å². The van der Waals surface area contributed by atoms with Gasteiger partial charge in [-0.05, 0) is 19.9 Å². The third-order valence-corrected chi connectivity index (χ3v) is 4.59. The summed E-state index contributed by atoms with van der Waals surface area (Å²) >= 11 is 0. The van der Waals surface area contributed by atoms with E-state index >= 15 is 0 Å². The number of aromatic nitrogens is 3. The summed E-state index contributed by atoms with van der Waals surface area (Å²) < 4.78 is 48.8. The number of halogens is 3. The van der Waals surface area contributed by atoms with Gasteiger partial charge in [0, 0.05) is 31.4 Å². The number of oxazole rings is 1. The molecule has 0 aliphatic heterocycles. The van der Waals surface area contributed by atoms with Gasteiger partial charge in [0.25, 0.3) is 5.91 Å². The van der Waals surface area contributed by atoms with Gasteiger partial charge in [-0.25, -0.2) is 15.0 Å². The fourth-order valence-electron chi connectivity index (χ4n) is 3.00. The lowest BCUT2D eigenvalue weighted by Crippen LogP contribution is -2.42. The number of nitrogens with zero attached hydrogens (tertiary/aromatic N) is 4. The number of rotatable bonds is 7. The number of carbonyl (C=O) groups is 1. The van der Waals surface area contributed by atoms with Crippen LogP contribution in [0.1, 0.15) is 35.7 Å². The number of aryl methyl sites for hydroxylation is 1. The van der Waals surface area contributed by atoms with Gasteiger partial charge in [0.1, 0.15) is 6.61 Å². The Bertz CT molecular complexity index is 1030. The van der Waals surface area contributed by atoms with Crippen LogP contribution in [-0.2, 0) is 6.18 Å². The van der Waals surface area contributed by atoms with Crippen LogP contribution in [0.15, 0.2) is 47.3 Å². The Kier molecular flexibility index (Phi) is 6.57. The van der Waals surface area contributed by atoms with Gasteiger partial charge >= 0.3 is 12.2 Å². The zero-order chi connectivity index (χ0) is 22.6. The molecule has 3 rings (SSSR count). The Hall–Kier alpha value is -3.43. The van der Waals surface area contributed by atoms with Gasteiger partial charge in [0.05, 0.1) is 23.4 Å². The fraction of sp³-hybridized carbons (Fsp3) is 0.333. The van der Waals surface area contributed by atoms with Gasteiger partial charge in [-0.3, -0.25) is 4.79 Å². The van der Waals surface area contributed by atoms with Crippen molar-refractivity contribution in [1.82, 2.24) is 19.9 Å². The van der Waals surface area contributed by atoms with Gasteiger partial charge in [0.15, 0.2) is 11.7 Å². The maximum absolute atomic E-state index is 13.2. The molecule has 0 unspecified atom stereocenters. The Morgan fingerprint density at radius 2 is 1.84 bits per heavy atom. The average Bonchev–Trinajstić information content (AvgIpc) is 3.18. The zero-order valence-corrected chi connectivity index (χ0v) is 17.2. The van der Waals surface area contributed by atoms with Gasteiger partial charge in [-0.2, -0.15) is 13.2 Å². The summed E-state index contributed by atoms with van der Waals surface area (Å²) in [6.45, 7) is 5.71. The van der Waals surface area contributed by atoms with E-state index in [9.17, 15) is 18.0 Å². The number of amides is 1. The van der Waals surface area contributed by atoms with Gasteiger partial charge < -0.3 is 14.1 Å². The third kappa shape index (κ3) is 5.19. The first-order valence-electron chi connectivity index (χ1n) is 9.55. The van der Waals surface area contributed by atoms with Crippen molar-refractivity contribution in [2.75, 3.05) is 13.2 Å². The third-order valence-electron chi connectivity index (χ3n) is 4.59. The van der Waals surface area contributed by atoms with E-state index in [1.54, 1.807) is 49.2 Å². The molecule has 0 aliphatic rings. The van der Waals surface area contributed by atoms with Crippen LogP contribution in [0.5, 0.6) is 6.01 Å². The highest BCUT2D eigenvalue weighted by molar-refractivity contribution is 6.00. The molecular weight excluding hydrogens is 413 g/mol. The molecule has 0 N–H and O–H groups in total. The number of hydrogen-bond donors (Lipinski definition) is 0. The lowest BCUT2D eigenvalue weighted by molar-refractivity contribution is -0.138. The van der Waals surface area contributed by atoms with Crippen molar-refractivity contribution in [2.45, 2.75) is 33.0 Å². The first-order chi connectivity index (χ1) is 14.7.